The van der Waals surface area contributed by atoms with Gasteiger partial charge in [0.05, 0.1) is 19.1 Å². The fourth-order valence-electron chi connectivity index (χ4n) is 3.15. The molecule has 1 N–H and O–H groups in total. The van der Waals surface area contributed by atoms with Crippen molar-refractivity contribution in [1.29, 1.82) is 5.26 Å². The highest BCUT2D eigenvalue weighted by molar-refractivity contribution is 7.16. The van der Waals surface area contributed by atoms with Gasteiger partial charge in [-0.15, -0.1) is 11.3 Å². The van der Waals surface area contributed by atoms with Gasteiger partial charge >= 0.3 is 0 Å². The number of hydrogen-bond acceptors (Lipinski definition) is 4. The number of carbonyl (C=O) groups is 1. The topological polar surface area (TPSA) is 62.1 Å². The number of nitriles is 1. The molecule has 2 aromatic rings. The lowest BCUT2D eigenvalue weighted by atomic mass is 9.88. The van der Waals surface area contributed by atoms with Crippen molar-refractivity contribution in [2.75, 3.05) is 12.4 Å². The van der Waals surface area contributed by atoms with Gasteiger partial charge in [0.1, 0.15) is 16.8 Å². The van der Waals surface area contributed by atoms with Gasteiger partial charge in [-0.05, 0) is 36.8 Å². The van der Waals surface area contributed by atoms with Gasteiger partial charge in [-0.2, -0.15) is 5.26 Å². The highest BCUT2D eigenvalue weighted by atomic mass is 32.1. The van der Waals surface area contributed by atoms with E-state index in [-0.39, 0.29) is 12.3 Å². The quantitative estimate of drug-likeness (QED) is 0.917. The second-order valence-electron chi connectivity index (χ2n) is 6.20. The van der Waals surface area contributed by atoms with E-state index in [2.05, 4.69) is 18.3 Å². The number of rotatable bonds is 4. The van der Waals surface area contributed by atoms with Gasteiger partial charge < -0.3 is 10.1 Å². The smallest absolute Gasteiger partial charge is 0.229 e. The first kappa shape index (κ1) is 16.5. The molecule has 124 valence electrons. The summed E-state index contributed by atoms with van der Waals surface area (Å²) in [6.45, 7) is 2.23. The summed E-state index contributed by atoms with van der Waals surface area (Å²) in [6, 6.07) is 9.77. The molecule has 1 aromatic carbocycles. The Morgan fingerprint density at radius 2 is 2.25 bits per heavy atom. The van der Waals surface area contributed by atoms with E-state index in [0.717, 1.165) is 30.4 Å². The minimum absolute atomic E-state index is 0.123. The zero-order chi connectivity index (χ0) is 17.1. The second-order valence-corrected chi connectivity index (χ2v) is 7.31. The highest BCUT2D eigenvalue weighted by Crippen LogP contribution is 2.39. The van der Waals surface area contributed by atoms with Gasteiger partial charge in [0.25, 0.3) is 0 Å². The number of ether oxygens (including phenoxy) is 1. The Morgan fingerprint density at radius 3 is 3.00 bits per heavy atom. The normalized spacial score (nSPS) is 16.1. The van der Waals surface area contributed by atoms with Crippen LogP contribution in [0.25, 0.3) is 0 Å². The van der Waals surface area contributed by atoms with Gasteiger partial charge in [0.2, 0.25) is 5.91 Å². The molecule has 0 aliphatic heterocycles. The Balaban J connectivity index is 1.79. The molecule has 1 aromatic heterocycles. The maximum atomic E-state index is 12.4. The molecule has 0 saturated heterocycles. The zero-order valence-electron chi connectivity index (χ0n) is 13.9. The van der Waals surface area contributed by atoms with Crippen molar-refractivity contribution in [3.05, 3.63) is 45.8 Å². The third-order valence-corrected chi connectivity index (χ3v) is 5.59. The van der Waals surface area contributed by atoms with Crippen molar-refractivity contribution in [1.82, 2.24) is 0 Å². The molecular weight excluding hydrogens is 320 g/mol. The van der Waals surface area contributed by atoms with E-state index in [9.17, 15) is 10.1 Å². The minimum atomic E-state index is -0.123. The number of thiophene rings is 1. The molecule has 1 aliphatic carbocycles. The Labute approximate surface area is 146 Å². The summed E-state index contributed by atoms with van der Waals surface area (Å²) in [7, 11) is 1.60. The summed E-state index contributed by atoms with van der Waals surface area (Å²) < 4.78 is 5.29. The minimum Gasteiger partial charge on any atom is -0.496 e. The maximum Gasteiger partial charge on any atom is 0.229 e. The van der Waals surface area contributed by atoms with E-state index < -0.39 is 0 Å². The predicted molar refractivity (Wildman–Crippen MR) is 95.6 cm³/mol. The van der Waals surface area contributed by atoms with Crippen LogP contribution in [0.15, 0.2) is 24.3 Å². The van der Waals surface area contributed by atoms with Crippen LogP contribution in [0.3, 0.4) is 0 Å². The lowest BCUT2D eigenvalue weighted by Gasteiger charge is -2.17. The number of hydrogen-bond donors (Lipinski definition) is 1. The van der Waals surface area contributed by atoms with Gasteiger partial charge in [-0.25, -0.2) is 0 Å². The molecule has 1 heterocycles. The molecule has 0 unspecified atom stereocenters. The molecule has 0 bridgehead atoms. The summed E-state index contributed by atoms with van der Waals surface area (Å²) in [4.78, 5) is 13.7. The summed E-state index contributed by atoms with van der Waals surface area (Å²) >= 11 is 1.55. The molecule has 24 heavy (non-hydrogen) atoms. The number of nitrogens with one attached hydrogen (secondary N) is 1. The highest BCUT2D eigenvalue weighted by Gasteiger charge is 2.24. The average Bonchev–Trinajstić information content (AvgIpc) is 2.91. The predicted octanol–water partition coefficient (Wildman–Crippen LogP) is 3.93. The molecule has 0 fully saturated rings. The van der Waals surface area contributed by atoms with E-state index in [4.69, 9.17) is 4.74 Å². The summed E-state index contributed by atoms with van der Waals surface area (Å²) in [5, 5.41) is 13.1. The number of nitrogens with zero attached hydrogens (tertiary/aromatic N) is 1. The van der Waals surface area contributed by atoms with Crippen LogP contribution in [-0.4, -0.2) is 13.0 Å². The van der Waals surface area contributed by atoms with Crippen LogP contribution in [0.1, 0.15) is 34.9 Å². The maximum absolute atomic E-state index is 12.4. The lowest BCUT2D eigenvalue weighted by molar-refractivity contribution is -0.115. The molecule has 0 spiro atoms. The van der Waals surface area contributed by atoms with Crippen molar-refractivity contribution in [3.8, 4) is 11.8 Å². The van der Waals surface area contributed by atoms with E-state index in [1.807, 2.05) is 24.3 Å². The van der Waals surface area contributed by atoms with E-state index in [1.165, 1.54) is 4.88 Å². The van der Waals surface area contributed by atoms with Gasteiger partial charge in [-0.3, -0.25) is 4.79 Å². The van der Waals surface area contributed by atoms with Crippen molar-refractivity contribution in [2.24, 2.45) is 5.92 Å². The first-order valence-corrected chi connectivity index (χ1v) is 8.90. The van der Waals surface area contributed by atoms with Crippen LogP contribution in [0.2, 0.25) is 0 Å². The summed E-state index contributed by atoms with van der Waals surface area (Å²) in [5.41, 5.74) is 2.62. The molecule has 1 aliphatic rings. The molecule has 0 saturated carbocycles. The molecule has 4 nitrogen and oxygen atoms in total. The van der Waals surface area contributed by atoms with Crippen molar-refractivity contribution < 1.29 is 9.53 Å². The van der Waals surface area contributed by atoms with Crippen molar-refractivity contribution in [2.45, 2.75) is 32.6 Å². The molecule has 1 amide bonds. The third kappa shape index (κ3) is 3.29. The number of amides is 1. The van der Waals surface area contributed by atoms with Gasteiger partial charge in [0.15, 0.2) is 0 Å². The third-order valence-electron chi connectivity index (χ3n) is 4.42. The van der Waals surface area contributed by atoms with Crippen LogP contribution >= 0.6 is 11.3 Å². The largest absolute Gasteiger partial charge is 0.496 e. The Morgan fingerprint density at radius 1 is 1.46 bits per heavy atom. The van der Waals surface area contributed by atoms with Crippen molar-refractivity contribution in [3.63, 3.8) is 0 Å². The van der Waals surface area contributed by atoms with Crippen LogP contribution in [0.5, 0.6) is 5.75 Å². The standard InChI is InChI=1S/C19H20N2O2S/c1-12-7-8-14-15(11-20)19(24-17(14)9-12)21-18(22)10-13-5-3-4-6-16(13)23-2/h3-6,12H,7-10H2,1-2H3,(H,21,22)/t12-/m0/s1. The number of anilines is 1. The van der Waals surface area contributed by atoms with E-state index in [0.29, 0.717) is 22.2 Å². The average molecular weight is 340 g/mol. The molecule has 5 heteroatoms. The first-order chi connectivity index (χ1) is 11.6. The SMILES string of the molecule is COc1ccccc1CC(=O)Nc1sc2c(c1C#N)CC[C@H](C)C2. The first-order valence-electron chi connectivity index (χ1n) is 8.08. The fraction of sp³-hybridized carbons (Fsp3) is 0.368. The number of benzene rings is 1. The van der Waals surface area contributed by atoms with E-state index in [1.54, 1.807) is 18.4 Å². The monoisotopic (exact) mass is 340 g/mol. The van der Waals surface area contributed by atoms with Crippen LogP contribution in [0.4, 0.5) is 5.00 Å². The zero-order valence-corrected chi connectivity index (χ0v) is 14.7. The molecule has 3 rings (SSSR count). The van der Waals surface area contributed by atoms with Gasteiger partial charge in [-0.1, -0.05) is 25.1 Å². The number of carbonyl (C=O) groups excluding carboxylic acids is 1. The van der Waals surface area contributed by atoms with E-state index >= 15 is 0 Å². The van der Waals surface area contributed by atoms with Crippen molar-refractivity contribution >= 4 is 22.2 Å². The number of fused-ring (bicyclic) bond motifs is 1. The molecular formula is C19H20N2O2S. The number of para-hydroxylation sites is 1. The lowest BCUT2D eigenvalue weighted by Crippen LogP contribution is -2.15. The molecule has 1 atom stereocenters. The summed E-state index contributed by atoms with van der Waals surface area (Å²) in [5.74, 6) is 1.22. The second kappa shape index (κ2) is 7.06. The van der Waals surface area contributed by atoms with Crippen LogP contribution in [0, 0.1) is 17.2 Å². The fourth-order valence-corrected chi connectivity index (χ4v) is 4.53. The molecule has 0 radical (unpaired) electrons. The Kier molecular flexibility index (Phi) is 4.86. The van der Waals surface area contributed by atoms with Gasteiger partial charge in [0, 0.05) is 10.4 Å². The van der Waals surface area contributed by atoms with Crippen LogP contribution < -0.4 is 10.1 Å². The Hall–Kier alpha value is -2.32. The number of methoxy groups -OCH3 is 1. The Bertz CT molecular complexity index is 804. The summed E-state index contributed by atoms with van der Waals surface area (Å²) in [6.07, 6.45) is 3.26. The van der Waals surface area contributed by atoms with Crippen LogP contribution in [-0.2, 0) is 24.1 Å².